The standard InChI is InChI=1S/C18H17ClN2O4/c1-11-8-14(19)9-12-4-3-7-20(17(11)12)18(22)13-5-6-16(25-2)15(10-13)21(23)24/h5-6,8-10H,3-4,7H2,1-2H3. The number of aryl methyl sites for hydroxylation is 2. The number of hydrogen-bond acceptors (Lipinski definition) is 4. The summed E-state index contributed by atoms with van der Waals surface area (Å²) < 4.78 is 4.99. The molecule has 1 aliphatic heterocycles. The molecule has 0 spiro atoms. The molecule has 0 atom stereocenters. The number of amides is 1. The predicted octanol–water partition coefficient (Wildman–Crippen LogP) is 4.16. The maximum absolute atomic E-state index is 13.0. The highest BCUT2D eigenvalue weighted by Crippen LogP contribution is 2.35. The van der Waals surface area contributed by atoms with Crippen molar-refractivity contribution in [2.75, 3.05) is 18.6 Å². The second-order valence-corrected chi connectivity index (χ2v) is 6.37. The minimum atomic E-state index is -0.551. The largest absolute Gasteiger partial charge is 0.490 e. The zero-order valence-electron chi connectivity index (χ0n) is 13.9. The number of anilines is 1. The number of nitro benzene ring substituents is 1. The van der Waals surface area contributed by atoms with E-state index >= 15 is 0 Å². The summed E-state index contributed by atoms with van der Waals surface area (Å²) in [6.45, 7) is 2.47. The van der Waals surface area contributed by atoms with Crippen LogP contribution in [0.2, 0.25) is 5.02 Å². The summed E-state index contributed by atoms with van der Waals surface area (Å²) in [5.74, 6) is -0.138. The van der Waals surface area contributed by atoms with E-state index in [1.165, 1.54) is 19.2 Å². The van der Waals surface area contributed by atoms with E-state index in [9.17, 15) is 14.9 Å². The third-order valence-electron chi connectivity index (χ3n) is 4.31. The molecule has 0 aromatic heterocycles. The van der Waals surface area contributed by atoms with Crippen LogP contribution in [0.1, 0.15) is 27.9 Å². The lowest BCUT2D eigenvalue weighted by Crippen LogP contribution is -2.36. The fourth-order valence-electron chi connectivity index (χ4n) is 3.25. The first-order chi connectivity index (χ1) is 11.9. The summed E-state index contributed by atoms with van der Waals surface area (Å²) in [5, 5.41) is 11.9. The number of hydrogen-bond donors (Lipinski definition) is 0. The summed E-state index contributed by atoms with van der Waals surface area (Å²) in [6, 6.07) is 7.96. The highest BCUT2D eigenvalue weighted by atomic mass is 35.5. The van der Waals surface area contributed by atoms with Crippen molar-refractivity contribution >= 4 is 28.9 Å². The number of benzene rings is 2. The first kappa shape index (κ1) is 17.2. The smallest absolute Gasteiger partial charge is 0.311 e. The van der Waals surface area contributed by atoms with Crippen molar-refractivity contribution in [2.24, 2.45) is 0 Å². The number of carbonyl (C=O) groups excluding carboxylic acids is 1. The number of nitrogens with zero attached hydrogens (tertiary/aromatic N) is 2. The van der Waals surface area contributed by atoms with E-state index in [2.05, 4.69) is 0 Å². The maximum atomic E-state index is 13.0. The van der Waals surface area contributed by atoms with Crippen LogP contribution in [0.4, 0.5) is 11.4 Å². The van der Waals surface area contributed by atoms with E-state index in [0.29, 0.717) is 11.6 Å². The minimum Gasteiger partial charge on any atom is -0.490 e. The summed E-state index contributed by atoms with van der Waals surface area (Å²) >= 11 is 6.12. The van der Waals surface area contributed by atoms with Gasteiger partial charge in [0.05, 0.1) is 17.7 Å². The van der Waals surface area contributed by atoms with Crippen LogP contribution in [-0.4, -0.2) is 24.5 Å². The van der Waals surface area contributed by atoms with Crippen LogP contribution in [0.5, 0.6) is 5.75 Å². The van der Waals surface area contributed by atoms with Crippen molar-refractivity contribution in [1.82, 2.24) is 0 Å². The highest BCUT2D eigenvalue weighted by Gasteiger charge is 2.27. The minimum absolute atomic E-state index is 0.128. The van der Waals surface area contributed by atoms with Gasteiger partial charge in [0, 0.05) is 23.2 Å². The Bertz CT molecular complexity index is 866. The summed E-state index contributed by atoms with van der Waals surface area (Å²) in [7, 11) is 1.36. The molecule has 1 heterocycles. The van der Waals surface area contributed by atoms with Gasteiger partial charge in [0.1, 0.15) is 0 Å². The molecule has 1 aliphatic rings. The van der Waals surface area contributed by atoms with E-state index in [1.807, 2.05) is 19.1 Å². The van der Waals surface area contributed by atoms with Gasteiger partial charge in [-0.3, -0.25) is 14.9 Å². The molecule has 3 rings (SSSR count). The monoisotopic (exact) mass is 360 g/mol. The highest BCUT2D eigenvalue weighted by molar-refractivity contribution is 6.31. The van der Waals surface area contributed by atoms with Crippen molar-refractivity contribution in [3.63, 3.8) is 0 Å². The molecule has 0 bridgehead atoms. The topological polar surface area (TPSA) is 72.7 Å². The lowest BCUT2D eigenvalue weighted by Gasteiger charge is -2.31. The van der Waals surface area contributed by atoms with Crippen molar-refractivity contribution in [3.8, 4) is 5.75 Å². The van der Waals surface area contributed by atoms with Crippen LogP contribution in [-0.2, 0) is 6.42 Å². The first-order valence-corrected chi connectivity index (χ1v) is 8.23. The summed E-state index contributed by atoms with van der Waals surface area (Å²) in [5.41, 5.74) is 2.82. The quantitative estimate of drug-likeness (QED) is 0.608. The Labute approximate surface area is 150 Å². The van der Waals surface area contributed by atoms with Gasteiger partial charge in [-0.25, -0.2) is 0 Å². The lowest BCUT2D eigenvalue weighted by atomic mass is 9.97. The third kappa shape index (κ3) is 3.17. The van der Waals surface area contributed by atoms with Crippen LogP contribution in [0, 0.1) is 17.0 Å². The predicted molar refractivity (Wildman–Crippen MR) is 95.8 cm³/mol. The van der Waals surface area contributed by atoms with Crippen LogP contribution < -0.4 is 9.64 Å². The average molecular weight is 361 g/mol. The van der Waals surface area contributed by atoms with Gasteiger partial charge >= 0.3 is 5.69 Å². The number of rotatable bonds is 3. The number of halogens is 1. The van der Waals surface area contributed by atoms with Crippen LogP contribution in [0.25, 0.3) is 0 Å². The van der Waals surface area contributed by atoms with Gasteiger partial charge in [-0.2, -0.15) is 0 Å². The fraction of sp³-hybridized carbons (Fsp3) is 0.278. The number of ether oxygens (including phenoxy) is 1. The molecule has 1 amide bonds. The average Bonchev–Trinajstić information content (AvgIpc) is 2.59. The first-order valence-electron chi connectivity index (χ1n) is 7.85. The Morgan fingerprint density at radius 2 is 2.08 bits per heavy atom. The lowest BCUT2D eigenvalue weighted by molar-refractivity contribution is -0.385. The van der Waals surface area contributed by atoms with Crippen LogP contribution in [0.15, 0.2) is 30.3 Å². The maximum Gasteiger partial charge on any atom is 0.311 e. The van der Waals surface area contributed by atoms with Crippen LogP contribution in [0.3, 0.4) is 0 Å². The Hall–Kier alpha value is -2.60. The Morgan fingerprint density at radius 3 is 2.76 bits per heavy atom. The number of methoxy groups -OCH3 is 1. The van der Waals surface area contributed by atoms with Gasteiger partial charge < -0.3 is 9.64 Å². The summed E-state index contributed by atoms with van der Waals surface area (Å²) in [4.78, 5) is 25.3. The Morgan fingerprint density at radius 1 is 1.32 bits per heavy atom. The second kappa shape index (κ2) is 6.72. The van der Waals surface area contributed by atoms with Gasteiger partial charge in [-0.15, -0.1) is 0 Å². The second-order valence-electron chi connectivity index (χ2n) is 5.93. The molecule has 2 aromatic carbocycles. The van der Waals surface area contributed by atoms with Gasteiger partial charge in [-0.05, 0) is 55.2 Å². The number of nitro groups is 1. The molecule has 0 saturated carbocycles. The van der Waals surface area contributed by atoms with E-state index in [4.69, 9.17) is 16.3 Å². The molecule has 130 valence electrons. The molecular formula is C18H17ClN2O4. The van der Waals surface area contributed by atoms with Crippen LogP contribution >= 0.6 is 11.6 Å². The van der Waals surface area contributed by atoms with Crippen molar-refractivity contribution < 1.29 is 14.5 Å². The van der Waals surface area contributed by atoms with Crippen molar-refractivity contribution in [1.29, 1.82) is 0 Å². The Balaban J connectivity index is 2.04. The molecule has 0 radical (unpaired) electrons. The van der Waals surface area contributed by atoms with E-state index in [-0.39, 0.29) is 22.9 Å². The molecule has 25 heavy (non-hydrogen) atoms. The van der Waals surface area contributed by atoms with Gasteiger partial charge in [0.15, 0.2) is 5.75 Å². The SMILES string of the molecule is COc1ccc(C(=O)N2CCCc3cc(Cl)cc(C)c32)cc1[N+](=O)[O-]. The van der Waals surface area contributed by atoms with E-state index in [1.54, 1.807) is 11.0 Å². The molecule has 0 unspecified atom stereocenters. The van der Waals surface area contributed by atoms with Gasteiger partial charge in [0.25, 0.3) is 5.91 Å². The fourth-order valence-corrected chi connectivity index (χ4v) is 3.54. The van der Waals surface area contributed by atoms with Gasteiger partial charge in [-0.1, -0.05) is 11.6 Å². The van der Waals surface area contributed by atoms with E-state index < -0.39 is 4.92 Å². The molecule has 0 saturated heterocycles. The molecule has 6 nitrogen and oxygen atoms in total. The van der Waals surface area contributed by atoms with Gasteiger partial charge in [0.2, 0.25) is 0 Å². The zero-order chi connectivity index (χ0) is 18.1. The van der Waals surface area contributed by atoms with Crippen molar-refractivity contribution in [3.05, 3.63) is 62.2 Å². The normalized spacial score (nSPS) is 13.3. The molecule has 2 aromatic rings. The molecule has 7 heteroatoms. The zero-order valence-corrected chi connectivity index (χ0v) is 14.7. The Kier molecular flexibility index (Phi) is 4.63. The number of carbonyl (C=O) groups is 1. The number of fused-ring (bicyclic) bond motifs is 1. The molecular weight excluding hydrogens is 344 g/mol. The molecule has 0 N–H and O–H groups in total. The third-order valence-corrected chi connectivity index (χ3v) is 4.53. The molecule has 0 aliphatic carbocycles. The van der Waals surface area contributed by atoms with Crippen molar-refractivity contribution in [2.45, 2.75) is 19.8 Å². The van der Waals surface area contributed by atoms with E-state index in [0.717, 1.165) is 29.7 Å². The molecule has 0 fully saturated rings. The summed E-state index contributed by atoms with van der Waals surface area (Å²) in [6.07, 6.45) is 1.67.